The molecule has 1 aromatic carbocycles. The first-order valence-electron chi connectivity index (χ1n) is 5.80. The van der Waals surface area contributed by atoms with E-state index in [4.69, 9.17) is 5.84 Å². The van der Waals surface area contributed by atoms with E-state index in [1.54, 1.807) is 18.3 Å². The Balaban J connectivity index is 2.26. The molecule has 2 rings (SSSR count). The van der Waals surface area contributed by atoms with E-state index in [0.29, 0.717) is 16.7 Å². The lowest BCUT2D eigenvalue weighted by atomic mass is 10.0. The molecule has 6 heteroatoms. The van der Waals surface area contributed by atoms with E-state index in [9.17, 15) is 4.39 Å². The number of rotatable bonds is 4. The molecule has 100 valence electrons. The Morgan fingerprint density at radius 2 is 2.21 bits per heavy atom. The van der Waals surface area contributed by atoms with Gasteiger partial charge in [0.1, 0.15) is 11.6 Å². The fraction of sp³-hybridized carbons (Fsp3) is 0.231. The van der Waals surface area contributed by atoms with Crippen molar-refractivity contribution in [2.24, 2.45) is 5.84 Å². The lowest BCUT2D eigenvalue weighted by molar-refractivity contribution is 0.531. The van der Waals surface area contributed by atoms with Gasteiger partial charge in [0.2, 0.25) is 0 Å². The van der Waals surface area contributed by atoms with Crippen LogP contribution in [0.4, 0.5) is 4.39 Å². The third kappa shape index (κ3) is 3.34. The molecule has 0 aliphatic carbocycles. The number of hydrogen-bond acceptors (Lipinski definition) is 4. The first-order valence-corrected chi connectivity index (χ1v) is 6.59. The molecule has 0 aliphatic heterocycles. The standard InChI is InChI=1S/C13H14BrFN4/c1-8-17-6-5-11(18-8)12(19-16)7-9-3-2-4-10(15)13(9)14/h2-6,12,19H,7,16H2,1H3. The van der Waals surface area contributed by atoms with Gasteiger partial charge in [-0.1, -0.05) is 12.1 Å². The molecule has 0 amide bonds. The van der Waals surface area contributed by atoms with Crippen LogP contribution in [0, 0.1) is 12.7 Å². The monoisotopic (exact) mass is 324 g/mol. The molecule has 0 aliphatic rings. The highest BCUT2D eigenvalue weighted by Gasteiger charge is 2.15. The highest BCUT2D eigenvalue weighted by Crippen LogP contribution is 2.25. The fourth-order valence-corrected chi connectivity index (χ4v) is 2.27. The van der Waals surface area contributed by atoms with Gasteiger partial charge in [-0.2, -0.15) is 0 Å². The third-order valence-corrected chi connectivity index (χ3v) is 3.70. The summed E-state index contributed by atoms with van der Waals surface area (Å²) in [7, 11) is 0. The van der Waals surface area contributed by atoms with Crippen LogP contribution in [-0.4, -0.2) is 9.97 Å². The van der Waals surface area contributed by atoms with Crippen LogP contribution in [0.5, 0.6) is 0 Å². The van der Waals surface area contributed by atoms with E-state index >= 15 is 0 Å². The van der Waals surface area contributed by atoms with Crippen LogP contribution in [0.3, 0.4) is 0 Å². The van der Waals surface area contributed by atoms with Crippen LogP contribution in [0.25, 0.3) is 0 Å². The molecule has 0 saturated carbocycles. The smallest absolute Gasteiger partial charge is 0.137 e. The maximum Gasteiger partial charge on any atom is 0.137 e. The molecule has 2 aromatic rings. The highest BCUT2D eigenvalue weighted by atomic mass is 79.9. The van der Waals surface area contributed by atoms with E-state index in [-0.39, 0.29) is 11.9 Å². The SMILES string of the molecule is Cc1nccc(C(Cc2cccc(F)c2Br)NN)n1. The Morgan fingerprint density at radius 1 is 1.42 bits per heavy atom. The fourth-order valence-electron chi connectivity index (χ4n) is 1.84. The summed E-state index contributed by atoms with van der Waals surface area (Å²) >= 11 is 3.25. The molecular formula is C13H14BrFN4. The van der Waals surface area contributed by atoms with Gasteiger partial charge in [0.25, 0.3) is 0 Å². The van der Waals surface area contributed by atoms with Gasteiger partial charge in [0.15, 0.2) is 0 Å². The first-order chi connectivity index (χ1) is 9.11. The molecule has 0 saturated heterocycles. The van der Waals surface area contributed by atoms with Crippen LogP contribution in [0.15, 0.2) is 34.9 Å². The summed E-state index contributed by atoms with van der Waals surface area (Å²) in [5, 5.41) is 0. The average Bonchev–Trinajstić information content (AvgIpc) is 2.40. The molecule has 19 heavy (non-hydrogen) atoms. The highest BCUT2D eigenvalue weighted by molar-refractivity contribution is 9.10. The minimum absolute atomic E-state index is 0.195. The van der Waals surface area contributed by atoms with Crippen molar-refractivity contribution in [2.75, 3.05) is 0 Å². The molecule has 0 bridgehead atoms. The second-order valence-electron chi connectivity index (χ2n) is 4.17. The number of benzene rings is 1. The molecule has 0 spiro atoms. The Morgan fingerprint density at radius 3 is 2.89 bits per heavy atom. The van der Waals surface area contributed by atoms with Gasteiger partial charge in [0.05, 0.1) is 16.2 Å². The molecule has 0 fully saturated rings. The number of hydrazine groups is 1. The molecule has 3 N–H and O–H groups in total. The maximum absolute atomic E-state index is 13.5. The summed E-state index contributed by atoms with van der Waals surface area (Å²) < 4.78 is 13.9. The van der Waals surface area contributed by atoms with E-state index in [1.807, 2.05) is 13.0 Å². The molecule has 1 atom stereocenters. The van der Waals surface area contributed by atoms with Crippen molar-refractivity contribution in [1.29, 1.82) is 0 Å². The topological polar surface area (TPSA) is 63.8 Å². The summed E-state index contributed by atoms with van der Waals surface area (Å²) in [4.78, 5) is 8.38. The number of nitrogens with one attached hydrogen (secondary N) is 1. The molecule has 1 unspecified atom stereocenters. The van der Waals surface area contributed by atoms with Gasteiger partial charge in [-0.05, 0) is 47.0 Å². The number of hydrogen-bond donors (Lipinski definition) is 2. The van der Waals surface area contributed by atoms with Crippen LogP contribution < -0.4 is 11.3 Å². The summed E-state index contributed by atoms with van der Waals surface area (Å²) in [6.07, 6.45) is 2.22. The zero-order chi connectivity index (χ0) is 13.8. The first kappa shape index (κ1) is 14.0. The maximum atomic E-state index is 13.5. The lowest BCUT2D eigenvalue weighted by Crippen LogP contribution is -2.30. The van der Waals surface area contributed by atoms with Crippen molar-refractivity contribution in [1.82, 2.24) is 15.4 Å². The zero-order valence-electron chi connectivity index (χ0n) is 10.4. The van der Waals surface area contributed by atoms with Crippen molar-refractivity contribution in [3.05, 3.63) is 57.8 Å². The van der Waals surface area contributed by atoms with E-state index in [1.165, 1.54) is 6.07 Å². The molecule has 4 nitrogen and oxygen atoms in total. The van der Waals surface area contributed by atoms with Gasteiger partial charge < -0.3 is 0 Å². The summed E-state index contributed by atoms with van der Waals surface area (Å²) in [5.74, 6) is 5.96. The predicted molar refractivity (Wildman–Crippen MR) is 74.6 cm³/mol. The molecular weight excluding hydrogens is 311 g/mol. The second-order valence-corrected chi connectivity index (χ2v) is 4.96. The van der Waals surface area contributed by atoms with E-state index in [2.05, 4.69) is 31.3 Å². The number of nitrogens with two attached hydrogens (primary N) is 1. The second kappa shape index (κ2) is 6.18. The Bertz CT molecular complexity index is 576. The van der Waals surface area contributed by atoms with Crippen molar-refractivity contribution >= 4 is 15.9 Å². The minimum atomic E-state index is -0.285. The number of aryl methyl sites for hydroxylation is 1. The molecule has 1 aromatic heterocycles. The van der Waals surface area contributed by atoms with Crippen molar-refractivity contribution in [3.8, 4) is 0 Å². The average molecular weight is 325 g/mol. The van der Waals surface area contributed by atoms with Crippen LogP contribution >= 0.6 is 15.9 Å². The largest absolute Gasteiger partial charge is 0.271 e. The normalized spacial score (nSPS) is 12.4. The van der Waals surface area contributed by atoms with Crippen molar-refractivity contribution < 1.29 is 4.39 Å². The lowest BCUT2D eigenvalue weighted by Gasteiger charge is -2.16. The van der Waals surface area contributed by atoms with Crippen molar-refractivity contribution in [2.45, 2.75) is 19.4 Å². The summed E-state index contributed by atoms with van der Waals surface area (Å²) in [6.45, 7) is 1.81. The van der Waals surface area contributed by atoms with E-state index in [0.717, 1.165) is 11.3 Å². The zero-order valence-corrected chi connectivity index (χ0v) is 12.0. The Hall–Kier alpha value is -1.37. The van der Waals surface area contributed by atoms with E-state index < -0.39 is 0 Å². The summed E-state index contributed by atoms with van der Waals surface area (Å²) in [6, 6.07) is 6.54. The minimum Gasteiger partial charge on any atom is -0.271 e. The van der Waals surface area contributed by atoms with Crippen LogP contribution in [-0.2, 0) is 6.42 Å². The van der Waals surface area contributed by atoms with Gasteiger partial charge in [-0.15, -0.1) is 0 Å². The van der Waals surface area contributed by atoms with Crippen LogP contribution in [0.2, 0.25) is 0 Å². The molecule has 0 radical (unpaired) electrons. The number of halogens is 2. The van der Waals surface area contributed by atoms with Gasteiger partial charge >= 0.3 is 0 Å². The van der Waals surface area contributed by atoms with Gasteiger partial charge in [-0.3, -0.25) is 11.3 Å². The van der Waals surface area contributed by atoms with Gasteiger partial charge in [-0.25, -0.2) is 14.4 Å². The Labute approximate surface area is 119 Å². The third-order valence-electron chi connectivity index (χ3n) is 2.81. The van der Waals surface area contributed by atoms with Gasteiger partial charge in [0, 0.05) is 6.20 Å². The number of aromatic nitrogens is 2. The van der Waals surface area contributed by atoms with Crippen LogP contribution in [0.1, 0.15) is 23.1 Å². The van der Waals surface area contributed by atoms with Crippen molar-refractivity contribution in [3.63, 3.8) is 0 Å². The molecule has 1 heterocycles. The summed E-state index contributed by atoms with van der Waals surface area (Å²) in [5.41, 5.74) is 4.32. The Kier molecular flexibility index (Phi) is 4.57. The number of nitrogens with zero attached hydrogens (tertiary/aromatic N) is 2. The predicted octanol–water partition coefficient (Wildman–Crippen LogP) is 2.43. The quantitative estimate of drug-likeness (QED) is 0.669.